The predicted molar refractivity (Wildman–Crippen MR) is 93.0 cm³/mol. The van der Waals surface area contributed by atoms with E-state index in [1.54, 1.807) is 22.1 Å². The smallest absolute Gasteiger partial charge is 0.272 e. The van der Waals surface area contributed by atoms with Gasteiger partial charge in [0, 0.05) is 36.8 Å². The Morgan fingerprint density at radius 2 is 1.92 bits per heavy atom. The van der Waals surface area contributed by atoms with E-state index >= 15 is 0 Å². The van der Waals surface area contributed by atoms with E-state index in [0.29, 0.717) is 37.8 Å². The van der Waals surface area contributed by atoms with Gasteiger partial charge in [0.05, 0.1) is 5.69 Å². The van der Waals surface area contributed by atoms with Gasteiger partial charge >= 0.3 is 0 Å². The molecular formula is C16H16BrN5O2. The van der Waals surface area contributed by atoms with E-state index in [1.165, 1.54) is 0 Å². The minimum Gasteiger partial charge on any atom is -0.342 e. The first-order valence-corrected chi connectivity index (χ1v) is 8.30. The molecule has 3 rings (SSSR count). The number of nitrogens with zero attached hydrogens (tertiary/aromatic N) is 4. The van der Waals surface area contributed by atoms with E-state index in [0.717, 1.165) is 16.6 Å². The molecule has 2 heterocycles. The Hall–Kier alpha value is -2.48. The van der Waals surface area contributed by atoms with Crippen LogP contribution in [-0.4, -0.2) is 58.3 Å². The second-order valence-electron chi connectivity index (χ2n) is 5.30. The van der Waals surface area contributed by atoms with Crippen LogP contribution in [0.2, 0.25) is 0 Å². The SMILES string of the molecule is O=CN1CCN(C(=O)c2ccnc(Nc3ccccc3Br)n2)CC1. The number of hydrogen-bond donors (Lipinski definition) is 1. The first kappa shape index (κ1) is 16.4. The Balaban J connectivity index is 1.72. The van der Waals surface area contributed by atoms with Crippen LogP contribution in [0.3, 0.4) is 0 Å². The lowest BCUT2D eigenvalue weighted by Crippen LogP contribution is -2.48. The highest BCUT2D eigenvalue weighted by molar-refractivity contribution is 9.10. The second-order valence-corrected chi connectivity index (χ2v) is 6.16. The van der Waals surface area contributed by atoms with Gasteiger partial charge in [0.15, 0.2) is 0 Å². The first-order chi connectivity index (χ1) is 11.7. The summed E-state index contributed by atoms with van der Waals surface area (Å²) < 4.78 is 0.885. The molecule has 2 aromatic rings. The summed E-state index contributed by atoms with van der Waals surface area (Å²) in [4.78, 5) is 35.1. The Bertz CT molecular complexity index is 747. The average Bonchev–Trinajstić information content (AvgIpc) is 2.63. The molecule has 124 valence electrons. The zero-order chi connectivity index (χ0) is 16.9. The fraction of sp³-hybridized carbons (Fsp3) is 0.250. The minimum atomic E-state index is -0.155. The van der Waals surface area contributed by atoms with Crippen LogP contribution in [0.1, 0.15) is 10.5 Å². The third-order valence-corrected chi connectivity index (χ3v) is 4.44. The van der Waals surface area contributed by atoms with Gasteiger partial charge in [-0.15, -0.1) is 0 Å². The zero-order valence-corrected chi connectivity index (χ0v) is 14.4. The van der Waals surface area contributed by atoms with Crippen LogP contribution in [0.4, 0.5) is 11.6 Å². The molecule has 0 atom stereocenters. The summed E-state index contributed by atoms with van der Waals surface area (Å²) >= 11 is 3.45. The molecule has 0 bridgehead atoms. The van der Waals surface area contributed by atoms with Crippen molar-refractivity contribution in [3.8, 4) is 0 Å². The maximum absolute atomic E-state index is 12.6. The molecule has 24 heavy (non-hydrogen) atoms. The van der Waals surface area contributed by atoms with Crippen LogP contribution in [0.25, 0.3) is 0 Å². The average molecular weight is 390 g/mol. The highest BCUT2D eigenvalue weighted by atomic mass is 79.9. The summed E-state index contributed by atoms with van der Waals surface area (Å²) in [5.41, 5.74) is 1.15. The maximum Gasteiger partial charge on any atom is 0.272 e. The van der Waals surface area contributed by atoms with E-state index < -0.39 is 0 Å². The number of nitrogens with one attached hydrogen (secondary N) is 1. The summed E-state index contributed by atoms with van der Waals surface area (Å²) in [6.07, 6.45) is 2.37. The van der Waals surface area contributed by atoms with Crippen LogP contribution >= 0.6 is 15.9 Å². The second kappa shape index (κ2) is 7.39. The monoisotopic (exact) mass is 389 g/mol. The van der Waals surface area contributed by atoms with Crippen LogP contribution in [0.5, 0.6) is 0 Å². The fourth-order valence-electron chi connectivity index (χ4n) is 2.41. The largest absolute Gasteiger partial charge is 0.342 e. The number of halogens is 1. The molecule has 1 aliphatic rings. The molecule has 1 aliphatic heterocycles. The third-order valence-electron chi connectivity index (χ3n) is 3.75. The molecular weight excluding hydrogens is 374 g/mol. The molecule has 0 radical (unpaired) electrons. The summed E-state index contributed by atoms with van der Waals surface area (Å²) in [5.74, 6) is 0.206. The number of rotatable bonds is 4. The van der Waals surface area contributed by atoms with Gasteiger partial charge < -0.3 is 15.1 Å². The number of piperazine rings is 1. The topological polar surface area (TPSA) is 78.4 Å². The van der Waals surface area contributed by atoms with E-state index in [-0.39, 0.29) is 5.91 Å². The quantitative estimate of drug-likeness (QED) is 0.807. The van der Waals surface area contributed by atoms with Crippen LogP contribution < -0.4 is 5.32 Å². The van der Waals surface area contributed by atoms with Crippen molar-refractivity contribution in [3.63, 3.8) is 0 Å². The number of anilines is 2. The first-order valence-electron chi connectivity index (χ1n) is 7.50. The number of aromatic nitrogens is 2. The molecule has 0 spiro atoms. The van der Waals surface area contributed by atoms with E-state index in [9.17, 15) is 9.59 Å². The van der Waals surface area contributed by atoms with Crippen molar-refractivity contribution in [2.75, 3.05) is 31.5 Å². The van der Waals surface area contributed by atoms with Crippen LogP contribution in [0, 0.1) is 0 Å². The van der Waals surface area contributed by atoms with Gasteiger partial charge in [-0.1, -0.05) is 12.1 Å². The summed E-state index contributed by atoms with van der Waals surface area (Å²) in [6, 6.07) is 9.20. The number of benzene rings is 1. The van der Waals surface area contributed by atoms with Gasteiger partial charge in [0.25, 0.3) is 5.91 Å². The van der Waals surface area contributed by atoms with Gasteiger partial charge in [-0.05, 0) is 34.1 Å². The lowest BCUT2D eigenvalue weighted by molar-refractivity contribution is -0.119. The minimum absolute atomic E-state index is 0.155. The van der Waals surface area contributed by atoms with Gasteiger partial charge in [-0.2, -0.15) is 0 Å². The van der Waals surface area contributed by atoms with Crippen LogP contribution in [0.15, 0.2) is 41.0 Å². The molecule has 1 N–H and O–H groups in total. The fourth-order valence-corrected chi connectivity index (χ4v) is 2.80. The molecule has 0 aliphatic carbocycles. The van der Waals surface area contributed by atoms with Crippen molar-refractivity contribution in [1.82, 2.24) is 19.8 Å². The Morgan fingerprint density at radius 3 is 2.62 bits per heavy atom. The van der Waals surface area contributed by atoms with Gasteiger partial charge in [-0.25, -0.2) is 9.97 Å². The number of carbonyl (C=O) groups is 2. The molecule has 1 saturated heterocycles. The van der Waals surface area contributed by atoms with Gasteiger partial charge in [-0.3, -0.25) is 9.59 Å². The molecule has 1 fully saturated rings. The molecule has 1 aromatic heterocycles. The molecule has 0 unspecified atom stereocenters. The van der Waals surface area contributed by atoms with Crippen molar-refractivity contribution in [1.29, 1.82) is 0 Å². The van der Waals surface area contributed by atoms with Crippen molar-refractivity contribution in [2.45, 2.75) is 0 Å². The van der Waals surface area contributed by atoms with E-state index in [1.807, 2.05) is 24.3 Å². The van der Waals surface area contributed by atoms with Crippen LogP contribution in [-0.2, 0) is 4.79 Å². The Morgan fingerprint density at radius 1 is 1.17 bits per heavy atom. The Kier molecular flexibility index (Phi) is 5.05. The molecule has 2 amide bonds. The number of hydrogen-bond acceptors (Lipinski definition) is 5. The standard InChI is InChI=1S/C16H16BrN5O2/c17-12-3-1-2-4-13(12)19-16-18-6-5-14(20-16)15(24)22-9-7-21(11-23)8-10-22/h1-6,11H,7-10H2,(H,18,19,20). The van der Waals surface area contributed by atoms with Gasteiger partial charge in [0.2, 0.25) is 12.4 Å². The molecule has 7 nitrogen and oxygen atoms in total. The van der Waals surface area contributed by atoms with E-state index in [2.05, 4.69) is 31.2 Å². The highest BCUT2D eigenvalue weighted by Gasteiger charge is 2.22. The van der Waals surface area contributed by atoms with E-state index in [4.69, 9.17) is 0 Å². The van der Waals surface area contributed by atoms with Crippen molar-refractivity contribution < 1.29 is 9.59 Å². The summed E-state index contributed by atoms with van der Waals surface area (Å²) in [7, 11) is 0. The molecule has 1 aromatic carbocycles. The zero-order valence-electron chi connectivity index (χ0n) is 12.9. The molecule has 8 heteroatoms. The normalized spacial score (nSPS) is 14.4. The summed E-state index contributed by atoms with van der Waals surface area (Å²) in [5, 5.41) is 3.09. The maximum atomic E-state index is 12.6. The predicted octanol–water partition coefficient (Wildman–Crippen LogP) is 1.90. The molecule has 0 saturated carbocycles. The lowest BCUT2D eigenvalue weighted by Gasteiger charge is -2.32. The Labute approximate surface area is 147 Å². The van der Waals surface area contributed by atoms with Crippen molar-refractivity contribution in [2.24, 2.45) is 0 Å². The number of para-hydroxylation sites is 1. The number of carbonyl (C=O) groups excluding carboxylic acids is 2. The lowest BCUT2D eigenvalue weighted by atomic mass is 10.3. The van der Waals surface area contributed by atoms with Crippen molar-refractivity contribution >= 4 is 39.9 Å². The summed E-state index contributed by atoms with van der Waals surface area (Å²) in [6.45, 7) is 2.11. The van der Waals surface area contributed by atoms with Crippen molar-refractivity contribution in [3.05, 3.63) is 46.7 Å². The van der Waals surface area contributed by atoms with Gasteiger partial charge in [0.1, 0.15) is 5.69 Å². The number of amides is 2. The third kappa shape index (κ3) is 3.70. The highest BCUT2D eigenvalue weighted by Crippen LogP contribution is 2.23.